The zero-order chi connectivity index (χ0) is 16.9. The first kappa shape index (κ1) is 16.4. The fourth-order valence-electron chi connectivity index (χ4n) is 2.36. The molecule has 0 radical (unpaired) electrons. The lowest BCUT2D eigenvalue weighted by molar-refractivity contribution is 0.690. The van der Waals surface area contributed by atoms with E-state index in [1.807, 2.05) is 41.1 Å². The molecule has 0 saturated carbocycles. The molecule has 0 aliphatic carbocycles. The maximum Gasteiger partial charge on any atom is 0.124 e. The summed E-state index contributed by atoms with van der Waals surface area (Å²) >= 11 is 12.2. The number of anilines is 1. The van der Waals surface area contributed by atoms with Crippen LogP contribution in [0.4, 0.5) is 5.82 Å². The first-order chi connectivity index (χ1) is 11.7. The molecular formula is C18H14Cl2N4. The zero-order valence-electron chi connectivity index (χ0n) is 12.7. The van der Waals surface area contributed by atoms with Gasteiger partial charge in [-0.3, -0.25) is 0 Å². The molecule has 4 nitrogen and oxygen atoms in total. The lowest BCUT2D eigenvalue weighted by Gasteiger charge is -2.11. The van der Waals surface area contributed by atoms with Crippen LogP contribution in [0.1, 0.15) is 16.7 Å². The minimum absolute atomic E-state index is 0.545. The summed E-state index contributed by atoms with van der Waals surface area (Å²) in [5.41, 5.74) is 2.63. The lowest BCUT2D eigenvalue weighted by atomic mass is 10.1. The SMILES string of the molecule is N#Cc1cccc(CNc2ccnn2Cc2ccc(Cl)cc2Cl)c1. The van der Waals surface area contributed by atoms with Gasteiger partial charge in [0.05, 0.1) is 24.4 Å². The van der Waals surface area contributed by atoms with E-state index in [0.29, 0.717) is 28.7 Å². The Morgan fingerprint density at radius 3 is 2.79 bits per heavy atom. The number of nitrogens with one attached hydrogen (secondary N) is 1. The van der Waals surface area contributed by atoms with Gasteiger partial charge in [-0.15, -0.1) is 0 Å². The van der Waals surface area contributed by atoms with E-state index in [0.717, 1.165) is 16.9 Å². The van der Waals surface area contributed by atoms with Crippen LogP contribution in [0.15, 0.2) is 54.7 Å². The number of halogens is 2. The van der Waals surface area contributed by atoms with Gasteiger partial charge >= 0.3 is 0 Å². The summed E-state index contributed by atoms with van der Waals surface area (Å²) in [6, 6.07) is 17.0. The molecule has 1 aromatic heterocycles. The number of hydrogen-bond acceptors (Lipinski definition) is 3. The van der Waals surface area contributed by atoms with Crippen LogP contribution in [0.2, 0.25) is 10.0 Å². The van der Waals surface area contributed by atoms with Crippen LogP contribution in [0.25, 0.3) is 0 Å². The monoisotopic (exact) mass is 356 g/mol. The summed E-state index contributed by atoms with van der Waals surface area (Å²) in [5.74, 6) is 0.878. The fourth-order valence-corrected chi connectivity index (χ4v) is 2.83. The normalized spacial score (nSPS) is 10.4. The predicted octanol–water partition coefficient (Wildman–Crippen LogP) is 4.72. The smallest absolute Gasteiger partial charge is 0.124 e. The van der Waals surface area contributed by atoms with E-state index in [1.54, 1.807) is 18.3 Å². The van der Waals surface area contributed by atoms with Crippen LogP contribution < -0.4 is 5.32 Å². The van der Waals surface area contributed by atoms with E-state index in [4.69, 9.17) is 28.5 Å². The van der Waals surface area contributed by atoms with Crippen molar-refractivity contribution in [1.29, 1.82) is 5.26 Å². The van der Waals surface area contributed by atoms with Gasteiger partial charge in [-0.25, -0.2) is 4.68 Å². The largest absolute Gasteiger partial charge is 0.366 e. The third-order valence-electron chi connectivity index (χ3n) is 3.58. The lowest BCUT2D eigenvalue weighted by Crippen LogP contribution is -2.09. The summed E-state index contributed by atoms with van der Waals surface area (Å²) in [7, 11) is 0. The fraction of sp³-hybridized carbons (Fsp3) is 0.111. The molecule has 0 fully saturated rings. The summed E-state index contributed by atoms with van der Waals surface area (Å²) in [6.07, 6.45) is 1.73. The molecule has 1 heterocycles. The van der Waals surface area contributed by atoms with Gasteiger partial charge < -0.3 is 5.32 Å². The standard InChI is InChI=1S/C18H14Cl2N4/c19-16-5-4-15(17(20)9-16)12-24-18(6-7-23-24)22-11-14-3-1-2-13(8-14)10-21/h1-9,22H,11-12H2. The Bertz CT molecular complexity index is 896. The number of benzene rings is 2. The zero-order valence-corrected chi connectivity index (χ0v) is 14.2. The van der Waals surface area contributed by atoms with Gasteiger partial charge in [-0.1, -0.05) is 41.4 Å². The molecule has 3 rings (SSSR count). The molecular weight excluding hydrogens is 343 g/mol. The van der Waals surface area contributed by atoms with Gasteiger partial charge in [0.15, 0.2) is 0 Å². The maximum atomic E-state index is 8.96. The quantitative estimate of drug-likeness (QED) is 0.719. The molecule has 0 saturated heterocycles. The van der Waals surface area contributed by atoms with Crippen molar-refractivity contribution in [2.45, 2.75) is 13.1 Å². The Hall–Kier alpha value is -2.48. The van der Waals surface area contributed by atoms with Crippen molar-refractivity contribution in [1.82, 2.24) is 9.78 Å². The van der Waals surface area contributed by atoms with Crippen molar-refractivity contribution >= 4 is 29.0 Å². The third-order valence-corrected chi connectivity index (χ3v) is 4.17. The first-order valence-electron chi connectivity index (χ1n) is 7.34. The van der Waals surface area contributed by atoms with E-state index in [9.17, 15) is 0 Å². The summed E-state index contributed by atoms with van der Waals surface area (Å²) in [4.78, 5) is 0. The molecule has 3 aromatic rings. The van der Waals surface area contributed by atoms with Crippen molar-refractivity contribution in [3.05, 3.63) is 81.5 Å². The second-order valence-corrected chi connectivity index (χ2v) is 6.12. The number of hydrogen-bond donors (Lipinski definition) is 1. The summed E-state index contributed by atoms with van der Waals surface area (Å²) in [6.45, 7) is 1.15. The first-order valence-corrected chi connectivity index (χ1v) is 8.10. The predicted molar refractivity (Wildman–Crippen MR) is 96.3 cm³/mol. The molecule has 6 heteroatoms. The van der Waals surface area contributed by atoms with Gasteiger partial charge in [-0.2, -0.15) is 10.4 Å². The molecule has 0 aliphatic heterocycles. The van der Waals surface area contributed by atoms with Crippen LogP contribution >= 0.6 is 23.2 Å². The highest BCUT2D eigenvalue weighted by atomic mass is 35.5. The Morgan fingerprint density at radius 1 is 1.12 bits per heavy atom. The number of nitrogens with zero attached hydrogens (tertiary/aromatic N) is 3. The molecule has 0 amide bonds. The summed E-state index contributed by atoms with van der Waals surface area (Å²) in [5, 5.41) is 17.9. The Balaban J connectivity index is 1.72. The average molecular weight is 357 g/mol. The van der Waals surface area contributed by atoms with Crippen molar-refractivity contribution in [2.75, 3.05) is 5.32 Å². The van der Waals surface area contributed by atoms with Crippen LogP contribution in [0.5, 0.6) is 0 Å². The van der Waals surface area contributed by atoms with Crippen LogP contribution in [-0.2, 0) is 13.1 Å². The molecule has 120 valence electrons. The highest BCUT2D eigenvalue weighted by Gasteiger charge is 2.07. The Labute approximate surface area is 150 Å². The molecule has 2 aromatic carbocycles. The van der Waals surface area contributed by atoms with E-state index in [1.165, 1.54) is 0 Å². The maximum absolute atomic E-state index is 8.96. The third kappa shape index (κ3) is 3.88. The molecule has 0 bridgehead atoms. The van der Waals surface area contributed by atoms with Gasteiger partial charge in [-0.05, 0) is 35.4 Å². The molecule has 24 heavy (non-hydrogen) atoms. The van der Waals surface area contributed by atoms with E-state index >= 15 is 0 Å². The topological polar surface area (TPSA) is 53.6 Å². The number of nitriles is 1. The minimum atomic E-state index is 0.545. The van der Waals surface area contributed by atoms with E-state index < -0.39 is 0 Å². The second kappa shape index (κ2) is 7.39. The second-order valence-electron chi connectivity index (χ2n) is 5.28. The number of aromatic nitrogens is 2. The average Bonchev–Trinajstić information content (AvgIpc) is 3.03. The van der Waals surface area contributed by atoms with Crippen LogP contribution in [0.3, 0.4) is 0 Å². The van der Waals surface area contributed by atoms with Gasteiger partial charge in [0.2, 0.25) is 0 Å². The minimum Gasteiger partial charge on any atom is -0.366 e. The van der Waals surface area contributed by atoms with Crippen LogP contribution in [0, 0.1) is 11.3 Å². The highest BCUT2D eigenvalue weighted by molar-refractivity contribution is 6.35. The van der Waals surface area contributed by atoms with Gasteiger partial charge in [0, 0.05) is 22.7 Å². The van der Waals surface area contributed by atoms with Crippen LogP contribution in [-0.4, -0.2) is 9.78 Å². The Morgan fingerprint density at radius 2 is 2.00 bits per heavy atom. The van der Waals surface area contributed by atoms with Crippen molar-refractivity contribution in [2.24, 2.45) is 0 Å². The number of rotatable bonds is 5. The van der Waals surface area contributed by atoms with E-state index in [2.05, 4.69) is 16.5 Å². The molecule has 0 atom stereocenters. The summed E-state index contributed by atoms with van der Waals surface area (Å²) < 4.78 is 1.84. The highest BCUT2D eigenvalue weighted by Crippen LogP contribution is 2.22. The molecule has 0 aliphatic rings. The molecule has 0 unspecified atom stereocenters. The van der Waals surface area contributed by atoms with Gasteiger partial charge in [0.25, 0.3) is 0 Å². The molecule has 0 spiro atoms. The van der Waals surface area contributed by atoms with E-state index in [-0.39, 0.29) is 0 Å². The molecule has 1 N–H and O–H groups in total. The van der Waals surface area contributed by atoms with Gasteiger partial charge in [0.1, 0.15) is 5.82 Å². The van der Waals surface area contributed by atoms with Crippen molar-refractivity contribution in [3.8, 4) is 6.07 Å². The van der Waals surface area contributed by atoms with Crippen molar-refractivity contribution in [3.63, 3.8) is 0 Å². The van der Waals surface area contributed by atoms with Crippen molar-refractivity contribution < 1.29 is 0 Å². The Kier molecular flexibility index (Phi) is 5.05.